The fourth-order valence-corrected chi connectivity index (χ4v) is 3.05. The van der Waals surface area contributed by atoms with E-state index in [0.717, 1.165) is 33.8 Å². The number of methoxy groups -OCH3 is 2. The first-order chi connectivity index (χ1) is 12.3. The molecule has 0 saturated heterocycles. The smallest absolute Gasteiger partial charge is 0.181 e. The van der Waals surface area contributed by atoms with Gasteiger partial charge in [0.25, 0.3) is 0 Å². The Bertz CT molecular complexity index is 1070. The molecule has 0 aliphatic carbocycles. The van der Waals surface area contributed by atoms with Gasteiger partial charge >= 0.3 is 0 Å². The third-order valence-corrected chi connectivity index (χ3v) is 4.21. The van der Waals surface area contributed by atoms with Crippen LogP contribution in [0.25, 0.3) is 27.9 Å². The molecule has 0 atom stereocenters. The summed E-state index contributed by atoms with van der Waals surface area (Å²) in [4.78, 5) is 9.45. The second-order valence-electron chi connectivity index (χ2n) is 5.56. The number of rotatable bonds is 4. The molecule has 2 aromatic heterocycles. The number of anilines is 1. The van der Waals surface area contributed by atoms with Gasteiger partial charge in [-0.1, -0.05) is 18.2 Å². The lowest BCUT2D eigenvalue weighted by Gasteiger charge is -2.10. The summed E-state index contributed by atoms with van der Waals surface area (Å²) in [5, 5.41) is 3.13. The number of hydrogen-bond acceptors (Lipinski definition) is 5. The second kappa shape index (κ2) is 5.98. The molecular weight excluding hydrogens is 316 g/mol. The minimum Gasteiger partial charge on any atom is -0.493 e. The summed E-state index contributed by atoms with van der Waals surface area (Å²) in [6, 6.07) is 13.8. The molecule has 4 aromatic rings. The fraction of sp³-hybridized carbons (Fsp3) is 0.158. The summed E-state index contributed by atoms with van der Waals surface area (Å²) >= 11 is 0. The number of aromatic nitrogens is 3. The maximum Gasteiger partial charge on any atom is 0.181 e. The van der Waals surface area contributed by atoms with E-state index in [9.17, 15) is 0 Å². The number of hydrogen-bond donors (Lipinski definition) is 1. The molecule has 0 saturated carbocycles. The molecule has 0 aliphatic heterocycles. The highest BCUT2D eigenvalue weighted by molar-refractivity contribution is 5.85. The Labute approximate surface area is 145 Å². The molecule has 4 rings (SSSR count). The number of ether oxygens (including phenoxy) is 2. The summed E-state index contributed by atoms with van der Waals surface area (Å²) in [7, 11) is 5.10. The van der Waals surface area contributed by atoms with E-state index in [1.165, 1.54) is 0 Å². The number of nitrogens with one attached hydrogen (secondary N) is 1. The molecule has 2 aromatic carbocycles. The maximum absolute atomic E-state index is 5.56. The number of fused-ring (bicyclic) bond motifs is 3. The summed E-state index contributed by atoms with van der Waals surface area (Å²) < 4.78 is 13.0. The van der Waals surface area contributed by atoms with E-state index < -0.39 is 0 Å². The topological polar surface area (TPSA) is 60.7 Å². The van der Waals surface area contributed by atoms with Crippen LogP contribution in [0.2, 0.25) is 0 Å². The Morgan fingerprint density at radius 1 is 0.960 bits per heavy atom. The van der Waals surface area contributed by atoms with Crippen LogP contribution in [-0.2, 0) is 0 Å². The minimum absolute atomic E-state index is 0.664. The SMILES string of the molecule is CNc1nc2ccccc2n2cc(-c3cccc(OC)c3OC)nc12. The third kappa shape index (κ3) is 2.34. The van der Waals surface area contributed by atoms with Crippen LogP contribution in [0.4, 0.5) is 5.82 Å². The van der Waals surface area contributed by atoms with Gasteiger partial charge in [-0.05, 0) is 24.3 Å². The van der Waals surface area contributed by atoms with Crippen molar-refractivity contribution >= 4 is 22.5 Å². The van der Waals surface area contributed by atoms with Gasteiger partial charge < -0.3 is 14.8 Å². The van der Waals surface area contributed by atoms with Gasteiger partial charge in [0.2, 0.25) is 0 Å². The van der Waals surface area contributed by atoms with Crippen molar-refractivity contribution in [1.29, 1.82) is 0 Å². The van der Waals surface area contributed by atoms with Crippen LogP contribution in [0.1, 0.15) is 0 Å². The van der Waals surface area contributed by atoms with Gasteiger partial charge in [0.05, 0.1) is 30.9 Å². The lowest BCUT2D eigenvalue weighted by molar-refractivity contribution is 0.356. The second-order valence-corrected chi connectivity index (χ2v) is 5.56. The van der Waals surface area contributed by atoms with E-state index in [-0.39, 0.29) is 0 Å². The van der Waals surface area contributed by atoms with Crippen LogP contribution in [0.5, 0.6) is 11.5 Å². The van der Waals surface area contributed by atoms with Crippen LogP contribution in [0.15, 0.2) is 48.7 Å². The average molecular weight is 334 g/mol. The highest BCUT2D eigenvalue weighted by Crippen LogP contribution is 2.38. The summed E-state index contributed by atoms with van der Waals surface area (Å²) in [5.41, 5.74) is 4.33. The monoisotopic (exact) mass is 334 g/mol. The molecule has 0 radical (unpaired) electrons. The fourth-order valence-electron chi connectivity index (χ4n) is 3.05. The number of nitrogens with zero attached hydrogens (tertiary/aromatic N) is 3. The Balaban J connectivity index is 2.03. The van der Waals surface area contributed by atoms with E-state index in [1.54, 1.807) is 14.2 Å². The largest absolute Gasteiger partial charge is 0.493 e. The van der Waals surface area contributed by atoms with Crippen LogP contribution >= 0.6 is 0 Å². The molecule has 25 heavy (non-hydrogen) atoms. The Morgan fingerprint density at radius 2 is 1.80 bits per heavy atom. The van der Waals surface area contributed by atoms with Crippen molar-refractivity contribution in [3.05, 3.63) is 48.7 Å². The van der Waals surface area contributed by atoms with E-state index in [0.29, 0.717) is 11.5 Å². The van der Waals surface area contributed by atoms with Gasteiger partial charge in [-0.15, -0.1) is 0 Å². The van der Waals surface area contributed by atoms with Crippen LogP contribution < -0.4 is 14.8 Å². The molecule has 0 aliphatic rings. The lowest BCUT2D eigenvalue weighted by atomic mass is 10.1. The summed E-state index contributed by atoms with van der Waals surface area (Å²) in [6.45, 7) is 0. The highest BCUT2D eigenvalue weighted by atomic mass is 16.5. The molecule has 0 amide bonds. The molecule has 126 valence electrons. The normalized spacial score (nSPS) is 11.0. The maximum atomic E-state index is 5.56. The van der Waals surface area contributed by atoms with Crippen molar-refractivity contribution in [2.24, 2.45) is 0 Å². The van der Waals surface area contributed by atoms with Crippen LogP contribution in [-0.4, -0.2) is 35.6 Å². The zero-order chi connectivity index (χ0) is 17.4. The minimum atomic E-state index is 0.664. The van der Waals surface area contributed by atoms with Crippen molar-refractivity contribution in [3.8, 4) is 22.8 Å². The van der Waals surface area contributed by atoms with Crippen LogP contribution in [0, 0.1) is 0 Å². The zero-order valence-corrected chi connectivity index (χ0v) is 14.3. The summed E-state index contributed by atoms with van der Waals surface area (Å²) in [5.74, 6) is 2.07. The molecule has 1 N–H and O–H groups in total. The molecule has 2 heterocycles. The lowest BCUT2D eigenvalue weighted by Crippen LogP contribution is -1.98. The third-order valence-electron chi connectivity index (χ3n) is 4.21. The molecule has 0 spiro atoms. The van der Waals surface area contributed by atoms with Crippen molar-refractivity contribution in [3.63, 3.8) is 0 Å². The number of benzene rings is 2. The van der Waals surface area contributed by atoms with Gasteiger partial charge in [-0.3, -0.25) is 4.40 Å². The highest BCUT2D eigenvalue weighted by Gasteiger charge is 2.17. The Hall–Kier alpha value is -3.28. The average Bonchev–Trinajstić information content (AvgIpc) is 3.12. The molecular formula is C19H18N4O2. The summed E-state index contributed by atoms with van der Waals surface area (Å²) in [6.07, 6.45) is 2.00. The number of imidazole rings is 1. The predicted molar refractivity (Wildman–Crippen MR) is 98.6 cm³/mol. The Kier molecular flexibility index (Phi) is 3.65. The number of para-hydroxylation sites is 3. The molecule has 6 nitrogen and oxygen atoms in total. The van der Waals surface area contributed by atoms with Gasteiger partial charge in [-0.25, -0.2) is 9.97 Å². The van der Waals surface area contributed by atoms with E-state index in [4.69, 9.17) is 14.5 Å². The van der Waals surface area contributed by atoms with E-state index >= 15 is 0 Å². The van der Waals surface area contributed by atoms with Crippen molar-refractivity contribution in [1.82, 2.24) is 14.4 Å². The van der Waals surface area contributed by atoms with Gasteiger partial charge in [0, 0.05) is 18.8 Å². The zero-order valence-electron chi connectivity index (χ0n) is 14.3. The first kappa shape index (κ1) is 15.3. The first-order valence-electron chi connectivity index (χ1n) is 7.93. The van der Waals surface area contributed by atoms with Gasteiger partial charge in [0.1, 0.15) is 0 Å². The Morgan fingerprint density at radius 3 is 2.56 bits per heavy atom. The van der Waals surface area contributed by atoms with Gasteiger partial charge in [-0.2, -0.15) is 0 Å². The van der Waals surface area contributed by atoms with E-state index in [1.807, 2.05) is 60.1 Å². The molecule has 0 bridgehead atoms. The first-order valence-corrected chi connectivity index (χ1v) is 7.93. The van der Waals surface area contributed by atoms with Crippen molar-refractivity contribution in [2.45, 2.75) is 0 Å². The van der Waals surface area contributed by atoms with E-state index in [2.05, 4.69) is 10.3 Å². The van der Waals surface area contributed by atoms with Gasteiger partial charge in [0.15, 0.2) is 23.0 Å². The molecule has 0 fully saturated rings. The quantitative estimate of drug-likeness (QED) is 0.618. The predicted octanol–water partition coefficient (Wildman–Crippen LogP) is 3.61. The molecule has 0 unspecified atom stereocenters. The standard InChI is InChI=1S/C19H18N4O2/c1-20-18-19-22-14(12-7-6-10-16(24-2)17(12)25-3)11-23(19)15-9-5-4-8-13(15)21-18/h4-11H,1-3H3,(H,20,21). The van der Waals surface area contributed by atoms with Crippen molar-refractivity contribution < 1.29 is 9.47 Å². The molecule has 6 heteroatoms. The van der Waals surface area contributed by atoms with Crippen LogP contribution in [0.3, 0.4) is 0 Å². The van der Waals surface area contributed by atoms with Crippen molar-refractivity contribution in [2.75, 3.05) is 26.6 Å².